The summed E-state index contributed by atoms with van der Waals surface area (Å²) in [6.07, 6.45) is 7.56. The van der Waals surface area contributed by atoms with Gasteiger partial charge in [0, 0.05) is 23.1 Å². The van der Waals surface area contributed by atoms with Crippen molar-refractivity contribution in [1.29, 1.82) is 0 Å². The van der Waals surface area contributed by atoms with Crippen LogP contribution in [-0.4, -0.2) is 52.2 Å². The van der Waals surface area contributed by atoms with Gasteiger partial charge in [-0.25, -0.2) is 0 Å². The molecule has 2 N–H and O–H groups in total. The molecule has 50 heavy (non-hydrogen) atoms. The molecule has 3 aromatic rings. The number of hydrogen-bond acceptors (Lipinski definition) is 5. The van der Waals surface area contributed by atoms with Gasteiger partial charge >= 0.3 is 6.18 Å². The molecule has 3 aliphatic carbocycles. The van der Waals surface area contributed by atoms with Crippen LogP contribution >= 0.6 is 11.6 Å². The Morgan fingerprint density at radius 1 is 1.00 bits per heavy atom. The largest absolute Gasteiger partial charge is 0.453 e. The lowest BCUT2D eigenvalue weighted by Crippen LogP contribution is -2.53. The van der Waals surface area contributed by atoms with Gasteiger partial charge in [0.15, 0.2) is 5.76 Å². The molecule has 7 rings (SSSR count). The van der Waals surface area contributed by atoms with E-state index >= 15 is 0 Å². The van der Waals surface area contributed by atoms with Crippen molar-refractivity contribution in [1.82, 2.24) is 4.90 Å². The van der Waals surface area contributed by atoms with E-state index in [0.29, 0.717) is 37.8 Å². The molecule has 0 amide bonds. The molecule has 2 fully saturated rings. The molecule has 1 saturated carbocycles. The number of aliphatic hydroxyl groups is 2. The quantitative estimate of drug-likeness (QED) is 0.204. The van der Waals surface area contributed by atoms with Gasteiger partial charge < -0.3 is 19.5 Å². The SMILES string of the molecule is CC1=CCC[C@@]2(C)[C@@H](CC[C@@]2(O)CN2CCCCCCC2)c2ccc(cc2C(=O)c2ccc(-c3cc(C(F)(F)F)ccc3Cl)o2)C[C@@H](O)CC1. The molecular weight excluding hydrogens is 663 g/mol. The Morgan fingerprint density at radius 3 is 2.48 bits per heavy atom. The van der Waals surface area contributed by atoms with Gasteiger partial charge in [-0.2, -0.15) is 13.2 Å². The number of β-amino-alcohol motifs (C(OH)–C–C–N with tert-alkyl or cyclic N) is 1. The number of likely N-dealkylation sites (tertiary alicyclic amines) is 1. The first-order valence-corrected chi connectivity index (χ1v) is 18.6. The number of allylic oxidation sites excluding steroid dienone is 2. The highest BCUT2D eigenvalue weighted by Gasteiger charge is 2.57. The van der Waals surface area contributed by atoms with E-state index in [-0.39, 0.29) is 28.0 Å². The molecule has 5 nitrogen and oxygen atoms in total. The van der Waals surface area contributed by atoms with Crippen molar-refractivity contribution in [3.05, 3.63) is 93.2 Å². The molecule has 0 spiro atoms. The van der Waals surface area contributed by atoms with E-state index < -0.39 is 34.6 Å². The third-order valence-electron chi connectivity index (χ3n) is 11.7. The predicted molar refractivity (Wildman–Crippen MR) is 191 cm³/mol. The second-order valence-corrected chi connectivity index (χ2v) is 15.6. The average Bonchev–Trinajstić information content (AvgIpc) is 3.63. The van der Waals surface area contributed by atoms with Crippen molar-refractivity contribution < 1.29 is 32.6 Å². The fourth-order valence-electron chi connectivity index (χ4n) is 8.67. The fourth-order valence-corrected chi connectivity index (χ4v) is 8.88. The van der Waals surface area contributed by atoms with E-state index in [0.717, 1.165) is 68.5 Å². The Morgan fingerprint density at radius 2 is 1.74 bits per heavy atom. The molecule has 2 aromatic carbocycles. The third kappa shape index (κ3) is 7.79. The molecule has 1 aliphatic heterocycles. The van der Waals surface area contributed by atoms with Gasteiger partial charge in [0.05, 0.1) is 22.3 Å². The third-order valence-corrected chi connectivity index (χ3v) is 12.1. The van der Waals surface area contributed by atoms with Gasteiger partial charge in [0.25, 0.3) is 0 Å². The Balaban J connectivity index is 1.40. The first kappa shape index (κ1) is 36.9. The van der Waals surface area contributed by atoms with Crippen LogP contribution in [0.2, 0.25) is 5.02 Å². The highest BCUT2D eigenvalue weighted by Crippen LogP contribution is 2.59. The smallest absolute Gasteiger partial charge is 0.416 e. The van der Waals surface area contributed by atoms with Gasteiger partial charge in [-0.15, -0.1) is 0 Å². The molecule has 270 valence electrons. The molecule has 9 heteroatoms. The van der Waals surface area contributed by atoms with E-state index in [1.54, 1.807) is 0 Å². The molecule has 2 bridgehead atoms. The number of furan rings is 1. The van der Waals surface area contributed by atoms with Crippen molar-refractivity contribution in [2.75, 3.05) is 19.6 Å². The standard InChI is InChI=1S/C41H49ClF3NO4/c1-27-9-8-19-39(2)34(18-20-40(39,49)26-46-21-6-4-3-5-7-22-46)31-14-11-28(23-30(47)13-10-27)24-32(31)38(48)37-17-16-36(50-37)33-25-29(41(43,44)45)12-15-35(33)42/h9,11-12,14-17,24-25,30,34,47,49H,3-8,10,13,18-23,26H2,1-2H3/t30-,34-,39-,40+/m0/s1. The number of hydrogen-bond donors (Lipinski definition) is 2. The number of ketones is 1. The normalized spacial score (nSPS) is 27.2. The van der Waals surface area contributed by atoms with Crippen LogP contribution < -0.4 is 0 Å². The number of carbonyl (C=O) groups excluding carboxylic acids is 1. The maximum atomic E-state index is 14.5. The lowest BCUT2D eigenvalue weighted by Gasteiger charge is -2.46. The minimum absolute atomic E-state index is 0.0114. The van der Waals surface area contributed by atoms with Gasteiger partial charge in [0.2, 0.25) is 5.78 Å². The molecule has 4 aliphatic rings. The van der Waals surface area contributed by atoms with Gasteiger partial charge in [-0.1, -0.05) is 61.6 Å². The van der Waals surface area contributed by atoms with Crippen LogP contribution in [0.3, 0.4) is 0 Å². The van der Waals surface area contributed by atoms with Crippen LogP contribution in [0.15, 0.2) is 64.6 Å². The molecule has 1 saturated heterocycles. The van der Waals surface area contributed by atoms with Crippen molar-refractivity contribution in [3.8, 4) is 11.3 Å². The summed E-state index contributed by atoms with van der Waals surface area (Å²) in [5.74, 6) is -0.475. The number of fused-ring (bicyclic) bond motifs is 8. The summed E-state index contributed by atoms with van der Waals surface area (Å²) in [5.41, 5.74) is 0.963. The topological polar surface area (TPSA) is 73.9 Å². The zero-order chi connectivity index (χ0) is 35.7. The van der Waals surface area contributed by atoms with Crippen LogP contribution in [0.5, 0.6) is 0 Å². The predicted octanol–water partition coefficient (Wildman–Crippen LogP) is 10.2. The number of benzene rings is 2. The molecule has 0 radical (unpaired) electrons. The number of aliphatic hydroxyl groups excluding tert-OH is 1. The van der Waals surface area contributed by atoms with E-state index in [4.69, 9.17) is 16.0 Å². The summed E-state index contributed by atoms with van der Waals surface area (Å²) in [6, 6.07) is 11.8. The molecule has 0 unspecified atom stereocenters. The Hall–Kier alpha value is -2.91. The van der Waals surface area contributed by atoms with Crippen molar-refractivity contribution in [2.24, 2.45) is 5.41 Å². The van der Waals surface area contributed by atoms with E-state index in [1.165, 1.54) is 43.0 Å². The highest BCUT2D eigenvalue weighted by molar-refractivity contribution is 6.33. The highest BCUT2D eigenvalue weighted by atomic mass is 35.5. The number of alkyl halides is 3. The van der Waals surface area contributed by atoms with Crippen LogP contribution in [0.4, 0.5) is 13.2 Å². The zero-order valence-corrected chi connectivity index (χ0v) is 29.9. The van der Waals surface area contributed by atoms with E-state index in [1.807, 2.05) is 18.2 Å². The van der Waals surface area contributed by atoms with Crippen LogP contribution in [0.25, 0.3) is 11.3 Å². The van der Waals surface area contributed by atoms with Crippen LogP contribution in [0.1, 0.15) is 123 Å². The molecule has 4 atom stereocenters. The summed E-state index contributed by atoms with van der Waals surface area (Å²) < 4.78 is 46.6. The van der Waals surface area contributed by atoms with Gasteiger partial charge in [-0.3, -0.25) is 4.79 Å². The number of halogens is 4. The summed E-state index contributed by atoms with van der Waals surface area (Å²) in [7, 11) is 0. The lowest BCUT2D eigenvalue weighted by molar-refractivity contribution is -0.137. The average molecular weight is 712 g/mol. The maximum absolute atomic E-state index is 14.5. The van der Waals surface area contributed by atoms with Crippen LogP contribution in [-0.2, 0) is 12.6 Å². The summed E-state index contributed by atoms with van der Waals surface area (Å²) in [6.45, 7) is 6.83. The summed E-state index contributed by atoms with van der Waals surface area (Å²) in [5, 5.41) is 23.7. The lowest BCUT2D eigenvalue weighted by atomic mass is 9.64. The number of carbonyl (C=O) groups is 1. The first-order chi connectivity index (χ1) is 23.8. The van der Waals surface area contributed by atoms with E-state index in [2.05, 4.69) is 24.8 Å². The monoisotopic (exact) mass is 711 g/mol. The Bertz CT molecular complexity index is 1710. The fraction of sp³-hybridized carbons (Fsp3) is 0.537. The van der Waals surface area contributed by atoms with Crippen molar-refractivity contribution >= 4 is 17.4 Å². The Labute approximate surface area is 298 Å². The maximum Gasteiger partial charge on any atom is 0.416 e. The first-order valence-electron chi connectivity index (χ1n) is 18.2. The minimum atomic E-state index is -4.57. The molecule has 2 heterocycles. The second kappa shape index (κ2) is 15.0. The zero-order valence-electron chi connectivity index (χ0n) is 29.1. The van der Waals surface area contributed by atoms with Crippen molar-refractivity contribution in [2.45, 2.75) is 115 Å². The van der Waals surface area contributed by atoms with Crippen LogP contribution in [0, 0.1) is 5.41 Å². The van der Waals surface area contributed by atoms with Gasteiger partial charge in [0.1, 0.15) is 5.76 Å². The molecular formula is C41H49ClF3NO4. The van der Waals surface area contributed by atoms with Gasteiger partial charge in [-0.05, 0) is 131 Å². The minimum Gasteiger partial charge on any atom is -0.453 e. The summed E-state index contributed by atoms with van der Waals surface area (Å²) >= 11 is 6.31. The summed E-state index contributed by atoms with van der Waals surface area (Å²) in [4.78, 5) is 16.9. The Kier molecular flexibility index (Phi) is 11.0. The van der Waals surface area contributed by atoms with E-state index in [9.17, 15) is 28.2 Å². The number of nitrogens with zero attached hydrogens (tertiary/aromatic N) is 1. The second-order valence-electron chi connectivity index (χ2n) is 15.2. The molecule has 1 aromatic heterocycles. The van der Waals surface area contributed by atoms with Crippen molar-refractivity contribution in [3.63, 3.8) is 0 Å². The number of rotatable bonds is 5.